The summed E-state index contributed by atoms with van der Waals surface area (Å²) in [6.07, 6.45) is 1.53. The zero-order valence-electron chi connectivity index (χ0n) is 8.73. The van der Waals surface area contributed by atoms with Gasteiger partial charge in [0.2, 0.25) is 0 Å². The van der Waals surface area contributed by atoms with E-state index in [1.807, 2.05) is 0 Å². The first-order valence-corrected chi connectivity index (χ1v) is 4.53. The third kappa shape index (κ3) is 3.52. The fourth-order valence-electron chi connectivity index (χ4n) is 1.14. The molecule has 4 nitrogen and oxygen atoms in total. The number of halogens is 3. The number of hydrogen-bond acceptors (Lipinski definition) is 3. The van der Waals surface area contributed by atoms with Gasteiger partial charge in [0, 0.05) is 17.7 Å². The second kappa shape index (κ2) is 5.72. The van der Waals surface area contributed by atoms with Crippen LogP contribution in [0.5, 0.6) is 5.75 Å². The van der Waals surface area contributed by atoms with Crippen molar-refractivity contribution in [3.63, 3.8) is 0 Å². The zero-order valence-corrected chi connectivity index (χ0v) is 8.73. The smallest absolute Gasteiger partial charge is 0.387 e. The van der Waals surface area contributed by atoms with Crippen molar-refractivity contribution in [2.75, 3.05) is 0 Å². The van der Waals surface area contributed by atoms with Gasteiger partial charge in [0.05, 0.1) is 5.56 Å². The lowest BCUT2D eigenvalue weighted by Crippen LogP contribution is -2.04. The summed E-state index contributed by atoms with van der Waals surface area (Å²) in [5.74, 6) is -2.76. The van der Waals surface area contributed by atoms with Crippen molar-refractivity contribution < 1.29 is 27.8 Å². The summed E-state index contributed by atoms with van der Waals surface area (Å²) in [5.41, 5.74) is -0.674. The lowest BCUT2D eigenvalue weighted by atomic mass is 10.1. The maximum atomic E-state index is 13.2. The Balaban J connectivity index is 3.25. The van der Waals surface area contributed by atoms with Crippen LogP contribution in [0.3, 0.4) is 0 Å². The van der Waals surface area contributed by atoms with Gasteiger partial charge < -0.3 is 9.84 Å². The molecule has 0 amide bonds. The quantitative estimate of drug-likeness (QED) is 0.841. The summed E-state index contributed by atoms with van der Waals surface area (Å²) in [6.45, 7) is -3.17. The number of alkyl halides is 2. The number of aliphatic carboxylic acids is 1. The van der Waals surface area contributed by atoms with Gasteiger partial charge in [-0.2, -0.15) is 14.0 Å². The van der Waals surface area contributed by atoms with Crippen molar-refractivity contribution in [2.45, 2.75) is 6.61 Å². The minimum absolute atomic E-state index is 0.200. The van der Waals surface area contributed by atoms with Gasteiger partial charge in [-0.3, -0.25) is 0 Å². The molecule has 0 atom stereocenters. The number of hydrogen-bond donors (Lipinski definition) is 1. The van der Waals surface area contributed by atoms with Crippen LogP contribution in [0.1, 0.15) is 11.1 Å². The maximum Gasteiger partial charge on any atom is 0.387 e. The van der Waals surface area contributed by atoms with Crippen LogP contribution in [-0.4, -0.2) is 17.7 Å². The van der Waals surface area contributed by atoms with Crippen molar-refractivity contribution in [1.82, 2.24) is 0 Å². The van der Waals surface area contributed by atoms with E-state index in [9.17, 15) is 18.0 Å². The van der Waals surface area contributed by atoms with Gasteiger partial charge in [-0.1, -0.05) is 0 Å². The van der Waals surface area contributed by atoms with Crippen LogP contribution in [0.25, 0.3) is 6.08 Å². The van der Waals surface area contributed by atoms with Gasteiger partial charge in [0.15, 0.2) is 0 Å². The van der Waals surface area contributed by atoms with E-state index in [4.69, 9.17) is 10.4 Å². The Hall–Kier alpha value is -2.49. The molecule has 18 heavy (non-hydrogen) atoms. The molecule has 7 heteroatoms. The lowest BCUT2D eigenvalue weighted by Gasteiger charge is -2.08. The van der Waals surface area contributed by atoms with Crippen LogP contribution < -0.4 is 4.74 Å². The summed E-state index contributed by atoms with van der Waals surface area (Å²) in [7, 11) is 0. The Morgan fingerprint density at radius 1 is 1.50 bits per heavy atom. The Bertz CT molecular complexity index is 535. The molecule has 0 radical (unpaired) electrons. The molecule has 0 aromatic heterocycles. The van der Waals surface area contributed by atoms with Crippen LogP contribution in [0.2, 0.25) is 0 Å². The molecule has 0 saturated carbocycles. The molecule has 0 heterocycles. The first-order chi connectivity index (χ1) is 8.43. The SMILES string of the molecule is N#Cc1cc(OC(F)F)c(/C=C/C(=O)O)cc1F. The Morgan fingerprint density at radius 3 is 2.67 bits per heavy atom. The van der Waals surface area contributed by atoms with Gasteiger partial charge in [0.1, 0.15) is 17.6 Å². The van der Waals surface area contributed by atoms with Gasteiger partial charge in [-0.15, -0.1) is 0 Å². The monoisotopic (exact) mass is 257 g/mol. The number of nitriles is 1. The third-order valence-corrected chi connectivity index (χ3v) is 1.84. The number of rotatable bonds is 4. The van der Waals surface area contributed by atoms with Crippen LogP contribution in [0, 0.1) is 17.1 Å². The van der Waals surface area contributed by atoms with E-state index < -0.39 is 29.7 Å². The molecule has 1 rings (SSSR count). The fraction of sp³-hybridized carbons (Fsp3) is 0.0909. The minimum atomic E-state index is -3.17. The van der Waals surface area contributed by atoms with Crippen molar-refractivity contribution in [2.24, 2.45) is 0 Å². The standard InChI is InChI=1S/C11H6F3NO3/c12-8-3-6(1-2-10(16)17)9(18-11(13)14)4-7(8)5-15/h1-4,11H,(H,16,17)/b2-1+. The highest BCUT2D eigenvalue weighted by molar-refractivity contribution is 5.86. The summed E-state index contributed by atoms with van der Waals surface area (Å²) in [5, 5.41) is 16.9. The molecule has 0 saturated heterocycles. The molecule has 0 aliphatic heterocycles. The fourth-order valence-corrected chi connectivity index (χ4v) is 1.14. The van der Waals surface area contributed by atoms with Crippen molar-refractivity contribution in [3.8, 4) is 11.8 Å². The average molecular weight is 257 g/mol. The molecule has 1 aromatic rings. The molecule has 1 N–H and O–H groups in total. The molecule has 0 spiro atoms. The van der Waals surface area contributed by atoms with Crippen molar-refractivity contribution in [1.29, 1.82) is 5.26 Å². The topological polar surface area (TPSA) is 70.3 Å². The molecule has 0 fully saturated rings. The molecule has 0 aliphatic rings. The normalized spacial score (nSPS) is 10.6. The maximum absolute atomic E-state index is 13.2. The highest BCUT2D eigenvalue weighted by Crippen LogP contribution is 2.25. The predicted octanol–water partition coefficient (Wildman–Crippen LogP) is 2.40. The van der Waals surface area contributed by atoms with E-state index >= 15 is 0 Å². The van der Waals surface area contributed by atoms with Gasteiger partial charge in [0.25, 0.3) is 0 Å². The van der Waals surface area contributed by atoms with E-state index in [1.54, 1.807) is 0 Å². The Kier molecular flexibility index (Phi) is 4.32. The Morgan fingerprint density at radius 2 is 2.17 bits per heavy atom. The van der Waals surface area contributed by atoms with E-state index in [1.165, 1.54) is 6.07 Å². The summed E-state index contributed by atoms with van der Waals surface area (Å²) in [4.78, 5) is 10.3. The van der Waals surface area contributed by atoms with Crippen molar-refractivity contribution >= 4 is 12.0 Å². The van der Waals surface area contributed by atoms with E-state index in [-0.39, 0.29) is 5.56 Å². The van der Waals surface area contributed by atoms with Gasteiger partial charge in [-0.05, 0) is 12.1 Å². The molecule has 0 unspecified atom stereocenters. The molecular formula is C11H6F3NO3. The number of carboxylic acid groups (broad SMARTS) is 1. The first-order valence-electron chi connectivity index (χ1n) is 4.53. The summed E-state index contributed by atoms with van der Waals surface area (Å²) in [6, 6.07) is 2.99. The highest BCUT2D eigenvalue weighted by atomic mass is 19.3. The third-order valence-electron chi connectivity index (χ3n) is 1.84. The number of carboxylic acids is 1. The van der Waals surface area contributed by atoms with Gasteiger partial charge in [-0.25, -0.2) is 9.18 Å². The van der Waals surface area contributed by atoms with Crippen LogP contribution in [0.15, 0.2) is 18.2 Å². The van der Waals surface area contributed by atoms with Crippen molar-refractivity contribution in [3.05, 3.63) is 35.2 Å². The van der Waals surface area contributed by atoms with E-state index in [0.29, 0.717) is 6.08 Å². The molecule has 1 aromatic carbocycles. The zero-order chi connectivity index (χ0) is 13.7. The number of carbonyl (C=O) groups is 1. The number of nitrogens with zero attached hydrogens (tertiary/aromatic N) is 1. The van der Waals surface area contributed by atoms with E-state index in [0.717, 1.165) is 18.2 Å². The Labute approximate surface area is 99.5 Å². The van der Waals surface area contributed by atoms with Crippen LogP contribution in [-0.2, 0) is 4.79 Å². The number of ether oxygens (including phenoxy) is 1. The molecule has 94 valence electrons. The molecule has 0 aliphatic carbocycles. The largest absolute Gasteiger partial charge is 0.478 e. The van der Waals surface area contributed by atoms with Crippen LogP contribution >= 0.6 is 0 Å². The average Bonchev–Trinajstić information content (AvgIpc) is 2.28. The predicted molar refractivity (Wildman–Crippen MR) is 54.4 cm³/mol. The van der Waals surface area contributed by atoms with E-state index in [2.05, 4.69) is 4.74 Å². The lowest BCUT2D eigenvalue weighted by molar-refractivity contribution is -0.131. The summed E-state index contributed by atoms with van der Waals surface area (Å²) >= 11 is 0. The minimum Gasteiger partial charge on any atom is -0.478 e. The molecule has 0 bridgehead atoms. The highest BCUT2D eigenvalue weighted by Gasteiger charge is 2.13. The number of benzene rings is 1. The second-order valence-corrected chi connectivity index (χ2v) is 3.03. The van der Waals surface area contributed by atoms with Gasteiger partial charge >= 0.3 is 12.6 Å². The summed E-state index contributed by atoms with van der Waals surface area (Å²) < 4.78 is 41.5. The first kappa shape index (κ1) is 13.6. The van der Waals surface area contributed by atoms with Crippen LogP contribution in [0.4, 0.5) is 13.2 Å². The second-order valence-electron chi connectivity index (χ2n) is 3.03. The molecular weight excluding hydrogens is 251 g/mol.